The van der Waals surface area contributed by atoms with Crippen LogP contribution in [0.1, 0.15) is 24.0 Å². The number of thiocarbonyl (C=S) groups is 1. The number of hydrogen-bond acceptors (Lipinski definition) is 7. The zero-order valence-corrected chi connectivity index (χ0v) is 20.8. The molecule has 0 radical (unpaired) electrons. The van der Waals surface area contributed by atoms with E-state index in [4.69, 9.17) is 12.2 Å². The highest BCUT2D eigenvalue weighted by Gasteiger charge is 2.63. The van der Waals surface area contributed by atoms with E-state index < -0.39 is 35.1 Å². The third kappa shape index (κ3) is 3.22. The molecule has 36 heavy (non-hydrogen) atoms. The Hall–Kier alpha value is -3.86. The summed E-state index contributed by atoms with van der Waals surface area (Å²) >= 11 is 5.10. The Labute approximate surface area is 213 Å². The molecule has 1 N–H and O–H groups in total. The number of fused-ring (bicyclic) bond motifs is 4. The van der Waals surface area contributed by atoms with Gasteiger partial charge in [-0.05, 0) is 60.8 Å². The highest BCUT2D eigenvalue weighted by molar-refractivity contribution is 7.80. The zero-order chi connectivity index (χ0) is 25.9. The Morgan fingerprint density at radius 2 is 1.83 bits per heavy atom. The van der Waals surface area contributed by atoms with Crippen molar-refractivity contribution in [2.24, 2.45) is 5.41 Å². The summed E-state index contributed by atoms with van der Waals surface area (Å²) in [5.41, 5.74) is 0.715. The van der Waals surface area contributed by atoms with Crippen molar-refractivity contribution in [2.45, 2.75) is 25.3 Å². The Bertz CT molecular complexity index is 1280. The Balaban J connectivity index is 1.58. The van der Waals surface area contributed by atoms with Crippen LogP contribution in [-0.2, 0) is 25.6 Å². The monoisotopic (exact) mass is 507 g/mol. The third-order valence-electron chi connectivity index (χ3n) is 7.46. The van der Waals surface area contributed by atoms with E-state index in [1.807, 2.05) is 6.07 Å². The van der Waals surface area contributed by atoms with Gasteiger partial charge in [0.25, 0.3) is 11.8 Å². The van der Waals surface area contributed by atoms with Gasteiger partial charge in [0.15, 0.2) is 10.5 Å². The van der Waals surface area contributed by atoms with E-state index in [0.29, 0.717) is 18.5 Å². The molecule has 5 rings (SSSR count). The summed E-state index contributed by atoms with van der Waals surface area (Å²) in [5, 5.41) is 2.54. The molecule has 0 bridgehead atoms. The topological polar surface area (TPSA) is 110 Å². The summed E-state index contributed by atoms with van der Waals surface area (Å²) in [6, 6.07) is 4.48. The molecule has 11 heteroatoms. The van der Waals surface area contributed by atoms with Crippen LogP contribution in [0.4, 0.5) is 10.5 Å². The van der Waals surface area contributed by atoms with Crippen molar-refractivity contribution in [1.82, 2.24) is 20.0 Å². The van der Waals surface area contributed by atoms with Crippen LogP contribution in [-0.4, -0.2) is 82.7 Å². The molecule has 10 nitrogen and oxygen atoms in total. The van der Waals surface area contributed by atoms with Crippen LogP contribution in [0, 0.1) is 5.41 Å². The largest absolute Gasteiger partial charge is 0.367 e. The van der Waals surface area contributed by atoms with Gasteiger partial charge >= 0.3 is 6.03 Å². The van der Waals surface area contributed by atoms with E-state index in [9.17, 15) is 24.0 Å². The van der Waals surface area contributed by atoms with Crippen LogP contribution in [0.15, 0.2) is 36.4 Å². The van der Waals surface area contributed by atoms with Crippen molar-refractivity contribution in [2.75, 3.05) is 32.1 Å². The van der Waals surface area contributed by atoms with Crippen LogP contribution in [0.3, 0.4) is 0 Å². The van der Waals surface area contributed by atoms with Gasteiger partial charge in [0.1, 0.15) is 5.57 Å². The van der Waals surface area contributed by atoms with Crippen molar-refractivity contribution in [1.29, 1.82) is 0 Å². The maximum atomic E-state index is 13.5. The lowest BCUT2D eigenvalue weighted by atomic mass is 9.68. The molecule has 3 fully saturated rings. The summed E-state index contributed by atoms with van der Waals surface area (Å²) in [6.45, 7) is 4.45. The molecule has 0 unspecified atom stereocenters. The molecule has 4 aliphatic rings. The molecule has 6 amide bonds. The number of barbiturate groups is 1. The predicted molar refractivity (Wildman–Crippen MR) is 135 cm³/mol. The third-order valence-corrected chi connectivity index (χ3v) is 7.78. The van der Waals surface area contributed by atoms with Crippen LogP contribution >= 0.6 is 12.2 Å². The second-order valence-corrected chi connectivity index (χ2v) is 9.81. The van der Waals surface area contributed by atoms with Crippen molar-refractivity contribution in [3.8, 4) is 0 Å². The molecule has 1 spiro atoms. The van der Waals surface area contributed by atoms with Crippen molar-refractivity contribution >= 4 is 58.8 Å². The molecule has 1 aromatic carbocycles. The Morgan fingerprint density at radius 3 is 2.50 bits per heavy atom. The van der Waals surface area contributed by atoms with E-state index in [1.54, 1.807) is 12.1 Å². The normalized spacial score (nSPS) is 24.5. The molecule has 0 aliphatic carbocycles. The van der Waals surface area contributed by atoms with Crippen LogP contribution < -0.4 is 10.2 Å². The Morgan fingerprint density at radius 1 is 1.14 bits per heavy atom. The van der Waals surface area contributed by atoms with Gasteiger partial charge in [0.2, 0.25) is 11.8 Å². The van der Waals surface area contributed by atoms with Crippen LogP contribution in [0.5, 0.6) is 0 Å². The fourth-order valence-electron chi connectivity index (χ4n) is 5.78. The van der Waals surface area contributed by atoms with Gasteiger partial charge in [-0.25, -0.2) is 4.79 Å². The number of urea groups is 1. The highest BCUT2D eigenvalue weighted by Crippen LogP contribution is 2.49. The maximum Gasteiger partial charge on any atom is 0.332 e. The average molecular weight is 508 g/mol. The number of carbonyl (C=O) groups excluding carboxylic acids is 5. The zero-order valence-electron chi connectivity index (χ0n) is 19.9. The number of rotatable bonds is 3. The lowest BCUT2D eigenvalue weighted by Crippen LogP contribution is -2.70. The number of nitrogens with one attached hydrogen (secondary N) is 1. The molecule has 4 heterocycles. The van der Waals surface area contributed by atoms with E-state index in [0.717, 1.165) is 27.5 Å². The number of amides is 6. The number of hydrogen-bond donors (Lipinski definition) is 1. The first-order chi connectivity index (χ1) is 17.1. The fourth-order valence-corrected chi connectivity index (χ4v) is 6.03. The van der Waals surface area contributed by atoms with Gasteiger partial charge in [-0.15, -0.1) is 6.58 Å². The molecule has 1 aromatic rings. The summed E-state index contributed by atoms with van der Waals surface area (Å²) < 4.78 is 0. The molecule has 1 atom stereocenters. The highest BCUT2D eigenvalue weighted by atomic mass is 32.1. The molecule has 0 saturated carbocycles. The van der Waals surface area contributed by atoms with Gasteiger partial charge in [0.05, 0.1) is 6.04 Å². The summed E-state index contributed by atoms with van der Waals surface area (Å²) in [4.78, 5) is 70.4. The SMILES string of the molecule is C=CCN1C(=O)/C(=C/c2ccc3c(c2)CC2(C(=O)N(C)C(=O)N(C)C2=O)[C@@H]2CCCN32)C(=O)NC1=S. The summed E-state index contributed by atoms with van der Waals surface area (Å²) in [5.74, 6) is -2.13. The molecule has 186 valence electrons. The standard InChI is InChI=1S/C25H25N5O5S/c1-4-9-30-20(32)16(19(31)26-23(30)36)12-14-7-8-17-15(11-14)13-25(18-6-5-10-29(17)18)21(33)27(2)24(35)28(3)22(25)34/h4,7-8,11-12,18H,1,5-6,9-10,13H2,2-3H3,(H,26,31,36)/b16-12+/t18-/m0/s1. The number of imide groups is 2. The van der Waals surface area contributed by atoms with Crippen LogP contribution in [0.2, 0.25) is 0 Å². The first-order valence-corrected chi connectivity index (χ1v) is 12.0. The van der Waals surface area contributed by atoms with Gasteiger partial charge in [0, 0.05) is 32.9 Å². The molecular weight excluding hydrogens is 482 g/mol. The van der Waals surface area contributed by atoms with Crippen LogP contribution in [0.25, 0.3) is 6.08 Å². The number of anilines is 1. The molecule has 3 saturated heterocycles. The average Bonchev–Trinajstić information content (AvgIpc) is 3.36. The van der Waals surface area contributed by atoms with Crippen molar-refractivity contribution in [3.05, 3.63) is 47.6 Å². The molecular formula is C25H25N5O5S. The summed E-state index contributed by atoms with van der Waals surface area (Å²) in [6.07, 6.45) is 4.58. The Kier molecular flexibility index (Phi) is 5.55. The van der Waals surface area contributed by atoms with Gasteiger partial charge in [-0.3, -0.25) is 39.2 Å². The van der Waals surface area contributed by atoms with Crippen molar-refractivity contribution in [3.63, 3.8) is 0 Å². The molecule has 0 aromatic heterocycles. The minimum absolute atomic E-state index is 0.0200. The fraction of sp³-hybridized carbons (Fsp3) is 0.360. The number of benzene rings is 1. The van der Waals surface area contributed by atoms with E-state index in [-0.39, 0.29) is 29.7 Å². The summed E-state index contributed by atoms with van der Waals surface area (Å²) in [7, 11) is 2.80. The molecule has 4 aliphatic heterocycles. The van der Waals surface area contributed by atoms with E-state index in [2.05, 4.69) is 16.8 Å². The second-order valence-electron chi connectivity index (χ2n) is 9.42. The van der Waals surface area contributed by atoms with Gasteiger partial charge in [-0.1, -0.05) is 12.1 Å². The van der Waals surface area contributed by atoms with Gasteiger partial charge in [-0.2, -0.15) is 0 Å². The number of carbonyl (C=O) groups is 5. The minimum atomic E-state index is -1.42. The lowest BCUT2D eigenvalue weighted by molar-refractivity contribution is -0.159. The maximum absolute atomic E-state index is 13.5. The van der Waals surface area contributed by atoms with E-state index >= 15 is 0 Å². The smallest absolute Gasteiger partial charge is 0.332 e. The quantitative estimate of drug-likeness (QED) is 0.214. The van der Waals surface area contributed by atoms with Gasteiger partial charge < -0.3 is 4.90 Å². The first-order valence-electron chi connectivity index (χ1n) is 11.6. The van der Waals surface area contributed by atoms with E-state index in [1.165, 1.54) is 31.1 Å². The lowest BCUT2D eigenvalue weighted by Gasteiger charge is -2.50. The first kappa shape index (κ1) is 23.9. The minimum Gasteiger partial charge on any atom is -0.367 e. The number of nitrogens with zero attached hydrogens (tertiary/aromatic N) is 4. The van der Waals surface area contributed by atoms with Crippen molar-refractivity contribution < 1.29 is 24.0 Å². The predicted octanol–water partition coefficient (Wildman–Crippen LogP) is 1.06. The second kappa shape index (κ2) is 8.37.